The number of carbonyl (C=O) groups is 3. The number of guanidine groups is 2. The summed E-state index contributed by atoms with van der Waals surface area (Å²) in [5.74, 6) is -3.92. The number of carbonyl (C=O) groups excluding carboxylic acids is 3. The molecule has 204 valence electrons. The minimum atomic E-state index is -2.62. The number of hydrogen-bond donors (Lipinski definition) is 6. The average Bonchev–Trinajstić information content (AvgIpc) is 3.41. The standard InChI is InChI=1S/C25H34N8O5/c1-12-13(6-5-7-14(12)23(2,3)4)20(36)29-16-11-33-22(27)28-15(10-32-17(34)8-9-18(32)35)19-24(33,25(16,37)38)31-21(26)30-19/h5-7,15-16,19,37-38H,8-11H2,1-4H3,(H2,27,28)(H,29,36)(H3,26,30,31)/t15-,16-,19?,24?/m0/s1. The number of likely N-dealkylation sites (tertiary alicyclic amines) is 1. The van der Waals surface area contributed by atoms with Gasteiger partial charge >= 0.3 is 0 Å². The van der Waals surface area contributed by atoms with Crippen molar-refractivity contribution in [1.82, 2.24) is 20.4 Å². The second kappa shape index (κ2) is 8.40. The lowest BCUT2D eigenvalue weighted by atomic mass is 9.82. The third kappa shape index (κ3) is 3.63. The molecular formula is C25H34N8O5. The number of hydrogen-bond acceptors (Lipinski definition) is 11. The van der Waals surface area contributed by atoms with Gasteiger partial charge in [-0.25, -0.2) is 9.98 Å². The Kier molecular flexibility index (Phi) is 5.73. The maximum atomic E-state index is 13.4. The molecule has 1 spiro atoms. The zero-order valence-corrected chi connectivity index (χ0v) is 21.9. The smallest absolute Gasteiger partial charge is 0.252 e. The fourth-order valence-corrected chi connectivity index (χ4v) is 6.18. The van der Waals surface area contributed by atoms with E-state index in [4.69, 9.17) is 11.5 Å². The predicted octanol–water partition coefficient (Wildman–Crippen LogP) is -1.78. The van der Waals surface area contributed by atoms with Gasteiger partial charge in [0.25, 0.3) is 5.91 Å². The van der Waals surface area contributed by atoms with Gasteiger partial charge in [0.2, 0.25) is 17.6 Å². The topological polar surface area (TPSA) is 199 Å². The van der Waals surface area contributed by atoms with Crippen molar-refractivity contribution in [3.63, 3.8) is 0 Å². The monoisotopic (exact) mass is 526 g/mol. The van der Waals surface area contributed by atoms with Crippen LogP contribution in [0.5, 0.6) is 0 Å². The van der Waals surface area contributed by atoms with Gasteiger partial charge in [-0.2, -0.15) is 0 Å². The summed E-state index contributed by atoms with van der Waals surface area (Å²) >= 11 is 0. The van der Waals surface area contributed by atoms with Crippen LogP contribution in [-0.4, -0.2) is 92.3 Å². The van der Waals surface area contributed by atoms with Crippen molar-refractivity contribution in [3.8, 4) is 0 Å². The predicted molar refractivity (Wildman–Crippen MR) is 138 cm³/mol. The van der Waals surface area contributed by atoms with Crippen LogP contribution in [0, 0.1) is 6.92 Å². The molecule has 4 atom stereocenters. The summed E-state index contributed by atoms with van der Waals surface area (Å²) in [6.07, 6.45) is 0.203. The van der Waals surface area contributed by atoms with Gasteiger partial charge in [-0.3, -0.25) is 19.3 Å². The SMILES string of the molecule is Cc1c(C(=O)N[C@H]2CN3C(N)=N[C@@H](CN4C(=O)CCC4=O)C4N=C(N)NC43C2(O)O)cccc1C(C)(C)C. The Balaban J connectivity index is 1.46. The third-order valence-electron chi connectivity index (χ3n) is 8.02. The fraction of sp³-hybridized carbons (Fsp3) is 0.560. The van der Waals surface area contributed by atoms with Crippen molar-refractivity contribution in [3.05, 3.63) is 34.9 Å². The summed E-state index contributed by atoms with van der Waals surface area (Å²) in [6.45, 7) is 7.77. The lowest BCUT2D eigenvalue weighted by Crippen LogP contribution is -2.78. The van der Waals surface area contributed by atoms with Crippen LogP contribution in [0.25, 0.3) is 0 Å². The molecule has 1 aromatic rings. The molecule has 2 fully saturated rings. The van der Waals surface area contributed by atoms with E-state index in [0.29, 0.717) is 5.56 Å². The summed E-state index contributed by atoms with van der Waals surface area (Å²) in [6, 6.07) is 2.33. The highest BCUT2D eigenvalue weighted by atomic mass is 16.5. The molecule has 0 aromatic heterocycles. The highest BCUT2D eigenvalue weighted by molar-refractivity contribution is 6.02. The number of rotatable bonds is 4. The maximum Gasteiger partial charge on any atom is 0.252 e. The molecule has 4 aliphatic rings. The Morgan fingerprint density at radius 3 is 2.47 bits per heavy atom. The molecule has 2 saturated heterocycles. The lowest BCUT2D eigenvalue weighted by molar-refractivity contribution is -0.230. The molecule has 0 saturated carbocycles. The zero-order chi connectivity index (χ0) is 27.8. The number of imide groups is 1. The summed E-state index contributed by atoms with van der Waals surface area (Å²) in [5.41, 5.74) is 12.5. The second-order valence-corrected chi connectivity index (χ2v) is 11.4. The molecular weight excluding hydrogens is 492 g/mol. The van der Waals surface area contributed by atoms with Gasteiger partial charge in [0, 0.05) is 24.9 Å². The number of nitrogens with two attached hydrogens (primary N) is 2. The van der Waals surface area contributed by atoms with Crippen molar-refractivity contribution >= 4 is 29.6 Å². The van der Waals surface area contributed by atoms with Crippen LogP contribution in [0.1, 0.15) is 55.1 Å². The first-order valence-corrected chi connectivity index (χ1v) is 12.6. The van der Waals surface area contributed by atoms with Gasteiger partial charge in [-0.15, -0.1) is 0 Å². The first kappa shape index (κ1) is 25.9. The molecule has 4 heterocycles. The zero-order valence-electron chi connectivity index (χ0n) is 21.9. The number of aliphatic hydroxyl groups is 2. The number of nitrogens with zero attached hydrogens (tertiary/aromatic N) is 4. The van der Waals surface area contributed by atoms with Crippen molar-refractivity contribution in [2.45, 2.75) is 75.5 Å². The van der Waals surface area contributed by atoms with E-state index in [1.165, 1.54) is 4.90 Å². The van der Waals surface area contributed by atoms with Crippen LogP contribution in [0.15, 0.2) is 28.2 Å². The summed E-state index contributed by atoms with van der Waals surface area (Å²) < 4.78 is 0. The summed E-state index contributed by atoms with van der Waals surface area (Å²) in [7, 11) is 0. The van der Waals surface area contributed by atoms with Gasteiger partial charge in [0.15, 0.2) is 17.6 Å². The summed E-state index contributed by atoms with van der Waals surface area (Å²) in [5, 5.41) is 28.9. The first-order valence-electron chi connectivity index (χ1n) is 12.6. The van der Waals surface area contributed by atoms with Gasteiger partial charge < -0.3 is 37.2 Å². The Morgan fingerprint density at radius 2 is 1.84 bits per heavy atom. The number of nitrogens with one attached hydrogen (secondary N) is 2. The average molecular weight is 527 g/mol. The Labute approximate surface area is 220 Å². The molecule has 4 aliphatic heterocycles. The highest BCUT2D eigenvalue weighted by Crippen LogP contribution is 2.45. The van der Waals surface area contributed by atoms with Crippen LogP contribution in [0.2, 0.25) is 0 Å². The molecule has 5 rings (SSSR count). The van der Waals surface area contributed by atoms with E-state index in [0.717, 1.165) is 16.0 Å². The van der Waals surface area contributed by atoms with Crippen LogP contribution >= 0.6 is 0 Å². The van der Waals surface area contributed by atoms with Gasteiger partial charge in [0.1, 0.15) is 12.1 Å². The van der Waals surface area contributed by atoms with Crippen LogP contribution in [0.4, 0.5) is 0 Å². The quantitative estimate of drug-likeness (QED) is 0.194. The van der Waals surface area contributed by atoms with Crippen molar-refractivity contribution < 1.29 is 24.6 Å². The van der Waals surface area contributed by atoms with Crippen LogP contribution < -0.4 is 22.1 Å². The molecule has 38 heavy (non-hydrogen) atoms. The molecule has 0 aliphatic carbocycles. The molecule has 8 N–H and O–H groups in total. The Bertz CT molecular complexity index is 1270. The van der Waals surface area contributed by atoms with Gasteiger partial charge in [-0.05, 0) is 29.5 Å². The molecule has 0 bridgehead atoms. The minimum absolute atomic E-state index is 0.0575. The molecule has 13 heteroatoms. The fourth-order valence-electron chi connectivity index (χ4n) is 6.18. The first-order chi connectivity index (χ1) is 17.7. The number of aliphatic imine (C=N–C) groups is 2. The van der Waals surface area contributed by atoms with Crippen molar-refractivity contribution in [1.29, 1.82) is 0 Å². The Hall–Kier alpha value is -3.71. The highest BCUT2D eigenvalue weighted by Gasteiger charge is 2.73. The molecule has 1 aromatic carbocycles. The van der Waals surface area contributed by atoms with Crippen LogP contribution in [0.3, 0.4) is 0 Å². The Morgan fingerprint density at radius 1 is 1.18 bits per heavy atom. The van der Waals surface area contributed by atoms with E-state index in [1.807, 2.05) is 13.0 Å². The minimum Gasteiger partial charge on any atom is -0.370 e. The second-order valence-electron chi connectivity index (χ2n) is 11.4. The van der Waals surface area contributed by atoms with Crippen LogP contribution in [-0.2, 0) is 15.0 Å². The molecule has 2 unspecified atom stereocenters. The third-order valence-corrected chi connectivity index (χ3v) is 8.02. The molecule has 3 amide bonds. The lowest BCUT2D eigenvalue weighted by Gasteiger charge is -2.49. The maximum absolute atomic E-state index is 13.4. The van der Waals surface area contributed by atoms with Gasteiger partial charge in [0.05, 0.1) is 12.6 Å². The largest absolute Gasteiger partial charge is 0.370 e. The van der Waals surface area contributed by atoms with E-state index in [1.54, 1.807) is 12.1 Å². The van der Waals surface area contributed by atoms with Gasteiger partial charge in [-0.1, -0.05) is 32.9 Å². The van der Waals surface area contributed by atoms with E-state index in [-0.39, 0.29) is 55.1 Å². The molecule has 0 radical (unpaired) electrons. The normalized spacial score (nSPS) is 30.0. The van der Waals surface area contributed by atoms with E-state index < -0.39 is 35.5 Å². The van der Waals surface area contributed by atoms with E-state index >= 15 is 0 Å². The molecule has 13 nitrogen and oxygen atoms in total. The van der Waals surface area contributed by atoms with Crippen molar-refractivity contribution in [2.75, 3.05) is 13.1 Å². The van der Waals surface area contributed by atoms with E-state index in [9.17, 15) is 24.6 Å². The van der Waals surface area contributed by atoms with Crippen molar-refractivity contribution in [2.24, 2.45) is 21.5 Å². The summed E-state index contributed by atoms with van der Waals surface area (Å²) in [4.78, 5) is 49.3. The van der Waals surface area contributed by atoms with E-state index in [2.05, 4.69) is 41.4 Å². The number of amides is 3. The number of benzene rings is 1.